The maximum Gasteiger partial charge on any atom is 0.158 e. The van der Waals surface area contributed by atoms with Gasteiger partial charge in [-0.25, -0.2) is 8.42 Å². The van der Waals surface area contributed by atoms with Crippen LogP contribution in [0.15, 0.2) is 24.3 Å². The van der Waals surface area contributed by atoms with Crippen molar-refractivity contribution in [1.29, 1.82) is 0 Å². The Balaban J connectivity index is 2.11. The van der Waals surface area contributed by atoms with E-state index in [4.69, 9.17) is 11.6 Å². The molecular weight excluding hydrogens is 294 g/mol. The van der Waals surface area contributed by atoms with E-state index >= 15 is 0 Å². The van der Waals surface area contributed by atoms with Crippen LogP contribution >= 0.6 is 11.6 Å². The Morgan fingerprint density at radius 2 is 2.05 bits per heavy atom. The van der Waals surface area contributed by atoms with E-state index in [1.165, 1.54) is 0 Å². The van der Waals surface area contributed by atoms with Gasteiger partial charge in [0.2, 0.25) is 0 Å². The van der Waals surface area contributed by atoms with E-state index in [1.54, 1.807) is 12.1 Å². The monoisotopic (exact) mass is 315 g/mol. The number of hydrogen-bond acceptors (Lipinski definition) is 3. The molecule has 0 spiro atoms. The van der Waals surface area contributed by atoms with Crippen molar-refractivity contribution in [1.82, 2.24) is 5.32 Å². The molecule has 3 nitrogen and oxygen atoms in total. The highest BCUT2D eigenvalue weighted by molar-refractivity contribution is 7.91. The third-order valence-electron chi connectivity index (χ3n) is 3.88. The van der Waals surface area contributed by atoms with Crippen molar-refractivity contribution in [2.45, 2.75) is 49.7 Å². The Morgan fingerprint density at radius 3 is 2.75 bits per heavy atom. The zero-order valence-corrected chi connectivity index (χ0v) is 13.4. The molecule has 20 heavy (non-hydrogen) atoms. The summed E-state index contributed by atoms with van der Waals surface area (Å²) < 4.78 is 25.3. The van der Waals surface area contributed by atoms with Crippen LogP contribution < -0.4 is 5.32 Å². The standard InChI is InChI=1S/C15H22ClNO2S/c1-2-10-17-14-8-5-9-15(14)20(18,19)11-12-6-3-4-7-13(12)16/h3-4,6-7,14-15,17H,2,5,8-11H2,1H3. The maximum atomic E-state index is 12.6. The molecule has 0 amide bonds. The Bertz CT molecular complexity index is 545. The highest BCUT2D eigenvalue weighted by Crippen LogP contribution is 2.29. The molecule has 1 aliphatic carbocycles. The van der Waals surface area contributed by atoms with E-state index < -0.39 is 9.84 Å². The molecule has 5 heteroatoms. The van der Waals surface area contributed by atoms with Gasteiger partial charge < -0.3 is 5.32 Å². The summed E-state index contributed by atoms with van der Waals surface area (Å²) in [4.78, 5) is 0. The Labute approximate surface area is 126 Å². The van der Waals surface area contributed by atoms with Crippen LogP contribution in [0, 0.1) is 0 Å². The van der Waals surface area contributed by atoms with Gasteiger partial charge in [-0.2, -0.15) is 0 Å². The minimum absolute atomic E-state index is 0.0433. The van der Waals surface area contributed by atoms with Crippen LogP contribution in [-0.2, 0) is 15.6 Å². The average molecular weight is 316 g/mol. The third-order valence-corrected chi connectivity index (χ3v) is 6.45. The van der Waals surface area contributed by atoms with Gasteiger partial charge in [-0.1, -0.05) is 43.1 Å². The molecule has 0 aromatic heterocycles. The summed E-state index contributed by atoms with van der Waals surface area (Å²) in [5, 5.41) is 3.64. The molecule has 2 rings (SSSR count). The van der Waals surface area contributed by atoms with Crippen molar-refractivity contribution in [2.24, 2.45) is 0 Å². The van der Waals surface area contributed by atoms with Crippen molar-refractivity contribution < 1.29 is 8.42 Å². The first-order valence-electron chi connectivity index (χ1n) is 7.23. The van der Waals surface area contributed by atoms with E-state index in [-0.39, 0.29) is 17.0 Å². The summed E-state index contributed by atoms with van der Waals surface area (Å²) in [6, 6.07) is 7.29. The molecule has 2 atom stereocenters. The minimum Gasteiger partial charge on any atom is -0.313 e. The third kappa shape index (κ3) is 3.74. The van der Waals surface area contributed by atoms with Crippen LogP contribution in [0.1, 0.15) is 38.2 Å². The summed E-state index contributed by atoms with van der Waals surface area (Å²) >= 11 is 6.08. The number of nitrogens with one attached hydrogen (secondary N) is 1. The first kappa shape index (κ1) is 15.8. The second-order valence-electron chi connectivity index (χ2n) is 5.43. The van der Waals surface area contributed by atoms with Crippen LogP contribution in [0.5, 0.6) is 0 Å². The van der Waals surface area contributed by atoms with Crippen LogP contribution in [0.3, 0.4) is 0 Å². The molecule has 1 saturated carbocycles. The molecule has 0 aliphatic heterocycles. The Kier molecular flexibility index (Phi) is 5.47. The van der Waals surface area contributed by atoms with Crippen molar-refractivity contribution in [2.75, 3.05) is 6.54 Å². The lowest BCUT2D eigenvalue weighted by Gasteiger charge is -2.21. The number of hydrogen-bond donors (Lipinski definition) is 1. The summed E-state index contributed by atoms with van der Waals surface area (Å²) in [6.45, 7) is 2.97. The number of sulfone groups is 1. The van der Waals surface area contributed by atoms with E-state index in [9.17, 15) is 8.42 Å². The van der Waals surface area contributed by atoms with Gasteiger partial charge in [0.05, 0.1) is 11.0 Å². The van der Waals surface area contributed by atoms with E-state index in [0.717, 1.165) is 32.2 Å². The zero-order chi connectivity index (χ0) is 14.6. The van der Waals surface area contributed by atoms with Crippen molar-refractivity contribution in [3.63, 3.8) is 0 Å². The fourth-order valence-corrected chi connectivity index (χ4v) is 5.30. The Morgan fingerprint density at radius 1 is 1.30 bits per heavy atom. The maximum absolute atomic E-state index is 12.6. The minimum atomic E-state index is -3.16. The molecular formula is C15H22ClNO2S. The van der Waals surface area contributed by atoms with Gasteiger partial charge in [0.25, 0.3) is 0 Å². The molecule has 0 heterocycles. The van der Waals surface area contributed by atoms with Gasteiger partial charge in [0.15, 0.2) is 9.84 Å². The lowest BCUT2D eigenvalue weighted by molar-refractivity contribution is 0.504. The molecule has 1 aromatic rings. The molecule has 2 unspecified atom stereocenters. The van der Waals surface area contributed by atoms with Crippen LogP contribution in [-0.4, -0.2) is 26.3 Å². The van der Waals surface area contributed by atoms with Crippen LogP contribution in [0.4, 0.5) is 0 Å². The predicted molar refractivity (Wildman–Crippen MR) is 83.8 cm³/mol. The Hall–Kier alpha value is -0.580. The van der Waals surface area contributed by atoms with Crippen molar-refractivity contribution in [3.8, 4) is 0 Å². The van der Waals surface area contributed by atoms with Gasteiger partial charge in [-0.3, -0.25) is 0 Å². The quantitative estimate of drug-likeness (QED) is 0.877. The molecule has 112 valence electrons. The second-order valence-corrected chi connectivity index (χ2v) is 8.06. The van der Waals surface area contributed by atoms with Crippen molar-refractivity contribution in [3.05, 3.63) is 34.9 Å². The smallest absolute Gasteiger partial charge is 0.158 e. The van der Waals surface area contributed by atoms with Gasteiger partial charge in [0.1, 0.15) is 0 Å². The zero-order valence-electron chi connectivity index (χ0n) is 11.8. The molecule has 0 radical (unpaired) electrons. The summed E-state index contributed by atoms with van der Waals surface area (Å²) in [6.07, 6.45) is 3.71. The number of rotatable bonds is 6. The normalized spacial score (nSPS) is 23.1. The first-order valence-corrected chi connectivity index (χ1v) is 9.32. The molecule has 0 bridgehead atoms. The molecule has 1 aliphatic rings. The first-order chi connectivity index (χ1) is 9.54. The molecule has 1 aromatic carbocycles. The highest BCUT2D eigenvalue weighted by atomic mass is 35.5. The average Bonchev–Trinajstić information content (AvgIpc) is 2.88. The molecule has 1 N–H and O–H groups in total. The van der Waals surface area contributed by atoms with Gasteiger partial charge >= 0.3 is 0 Å². The lowest BCUT2D eigenvalue weighted by Crippen LogP contribution is -2.41. The van der Waals surface area contributed by atoms with E-state index in [0.29, 0.717) is 10.6 Å². The predicted octanol–water partition coefficient (Wildman–Crippen LogP) is 3.18. The number of benzene rings is 1. The second kappa shape index (κ2) is 6.92. The van der Waals surface area contributed by atoms with Crippen LogP contribution in [0.2, 0.25) is 5.02 Å². The van der Waals surface area contributed by atoms with Gasteiger partial charge in [0, 0.05) is 11.1 Å². The van der Waals surface area contributed by atoms with Gasteiger partial charge in [-0.05, 0) is 37.4 Å². The fourth-order valence-electron chi connectivity index (χ4n) is 2.86. The molecule has 1 fully saturated rings. The lowest BCUT2D eigenvalue weighted by atomic mass is 10.2. The summed E-state index contributed by atoms with van der Waals surface area (Å²) in [7, 11) is -3.16. The topological polar surface area (TPSA) is 46.2 Å². The largest absolute Gasteiger partial charge is 0.313 e. The highest BCUT2D eigenvalue weighted by Gasteiger charge is 2.37. The van der Waals surface area contributed by atoms with Crippen LogP contribution in [0.25, 0.3) is 0 Å². The fraction of sp³-hybridized carbons (Fsp3) is 0.600. The van der Waals surface area contributed by atoms with E-state index in [1.807, 2.05) is 12.1 Å². The molecule has 0 saturated heterocycles. The SMILES string of the molecule is CCCNC1CCCC1S(=O)(=O)Cc1ccccc1Cl. The summed E-state index contributed by atoms with van der Waals surface area (Å²) in [5.41, 5.74) is 0.704. The summed E-state index contributed by atoms with van der Waals surface area (Å²) in [5.74, 6) is 0.0433. The number of halogens is 1. The van der Waals surface area contributed by atoms with Crippen molar-refractivity contribution >= 4 is 21.4 Å². The van der Waals surface area contributed by atoms with E-state index in [2.05, 4.69) is 12.2 Å². The van der Waals surface area contributed by atoms with Gasteiger partial charge in [-0.15, -0.1) is 0 Å².